The standard InChI is InChI=1S/C17H23N3O4/c1-18-5-2-6-19-17(22)12-9-16(21)20(11-12)13-3-4-14-15(10-13)24-8-7-23-14/h3-4,10,12,18H,2,5-9,11H2,1H3,(H,19,22). The average Bonchev–Trinajstić information content (AvgIpc) is 3.00. The lowest BCUT2D eigenvalue weighted by atomic mass is 10.1. The Hall–Kier alpha value is -2.28. The van der Waals surface area contributed by atoms with Gasteiger partial charge in [0.05, 0.1) is 5.92 Å². The van der Waals surface area contributed by atoms with Crippen LogP contribution in [-0.2, 0) is 9.59 Å². The third-order valence-corrected chi connectivity index (χ3v) is 4.24. The summed E-state index contributed by atoms with van der Waals surface area (Å²) < 4.78 is 11.1. The van der Waals surface area contributed by atoms with Gasteiger partial charge >= 0.3 is 0 Å². The van der Waals surface area contributed by atoms with E-state index in [2.05, 4.69) is 10.6 Å². The van der Waals surface area contributed by atoms with Gasteiger partial charge in [-0.1, -0.05) is 0 Å². The number of hydrogen-bond acceptors (Lipinski definition) is 5. The van der Waals surface area contributed by atoms with E-state index in [1.54, 1.807) is 11.0 Å². The van der Waals surface area contributed by atoms with E-state index in [9.17, 15) is 9.59 Å². The first kappa shape index (κ1) is 16.6. The van der Waals surface area contributed by atoms with Crippen molar-refractivity contribution in [1.82, 2.24) is 10.6 Å². The highest BCUT2D eigenvalue weighted by atomic mass is 16.6. The summed E-state index contributed by atoms with van der Waals surface area (Å²) in [5, 5.41) is 5.94. The van der Waals surface area contributed by atoms with Gasteiger partial charge in [0.2, 0.25) is 11.8 Å². The smallest absolute Gasteiger partial charge is 0.227 e. The molecule has 0 aliphatic carbocycles. The maximum absolute atomic E-state index is 12.3. The van der Waals surface area contributed by atoms with Gasteiger partial charge in [-0.3, -0.25) is 9.59 Å². The molecule has 1 unspecified atom stereocenters. The van der Waals surface area contributed by atoms with E-state index < -0.39 is 0 Å². The highest BCUT2D eigenvalue weighted by Crippen LogP contribution is 2.35. The van der Waals surface area contributed by atoms with Gasteiger partial charge in [-0.05, 0) is 32.1 Å². The molecule has 0 aromatic heterocycles. The summed E-state index contributed by atoms with van der Waals surface area (Å²) in [6.07, 6.45) is 1.11. The molecule has 7 heteroatoms. The van der Waals surface area contributed by atoms with Crippen molar-refractivity contribution in [1.29, 1.82) is 0 Å². The molecule has 0 bridgehead atoms. The van der Waals surface area contributed by atoms with Crippen LogP contribution in [0.3, 0.4) is 0 Å². The second-order valence-corrected chi connectivity index (χ2v) is 5.98. The molecule has 0 saturated carbocycles. The minimum atomic E-state index is -0.305. The first-order chi connectivity index (χ1) is 11.7. The molecule has 1 aromatic carbocycles. The monoisotopic (exact) mass is 333 g/mol. The van der Waals surface area contributed by atoms with E-state index in [4.69, 9.17) is 9.47 Å². The molecule has 2 aliphatic heterocycles. The summed E-state index contributed by atoms with van der Waals surface area (Å²) in [5.41, 5.74) is 0.745. The molecule has 3 rings (SSSR count). The molecule has 130 valence electrons. The second-order valence-electron chi connectivity index (χ2n) is 5.98. The number of amides is 2. The van der Waals surface area contributed by atoms with Gasteiger partial charge in [-0.2, -0.15) is 0 Å². The van der Waals surface area contributed by atoms with Crippen LogP contribution >= 0.6 is 0 Å². The van der Waals surface area contributed by atoms with Crippen molar-refractivity contribution in [2.75, 3.05) is 44.8 Å². The molecule has 7 nitrogen and oxygen atoms in total. The normalized spacial score (nSPS) is 19.5. The first-order valence-corrected chi connectivity index (χ1v) is 8.31. The van der Waals surface area contributed by atoms with Crippen molar-refractivity contribution >= 4 is 17.5 Å². The summed E-state index contributed by atoms with van der Waals surface area (Å²) in [6, 6.07) is 5.44. The number of carbonyl (C=O) groups excluding carboxylic acids is 2. The summed E-state index contributed by atoms with van der Waals surface area (Å²) in [6.45, 7) is 2.91. The minimum absolute atomic E-state index is 0.0398. The molecule has 2 N–H and O–H groups in total. The van der Waals surface area contributed by atoms with Gasteiger partial charge in [0.25, 0.3) is 0 Å². The SMILES string of the molecule is CNCCCNC(=O)C1CC(=O)N(c2ccc3c(c2)OCCO3)C1. The zero-order chi connectivity index (χ0) is 16.9. The molecule has 1 aromatic rings. The molecule has 0 spiro atoms. The number of hydrogen-bond donors (Lipinski definition) is 2. The van der Waals surface area contributed by atoms with Crippen LogP contribution in [0.4, 0.5) is 5.69 Å². The number of carbonyl (C=O) groups is 2. The van der Waals surface area contributed by atoms with Gasteiger partial charge in [0.15, 0.2) is 11.5 Å². The van der Waals surface area contributed by atoms with Crippen molar-refractivity contribution in [3.63, 3.8) is 0 Å². The highest BCUT2D eigenvalue weighted by molar-refractivity contribution is 6.00. The van der Waals surface area contributed by atoms with Gasteiger partial charge in [0.1, 0.15) is 13.2 Å². The number of fused-ring (bicyclic) bond motifs is 1. The van der Waals surface area contributed by atoms with Crippen LogP contribution < -0.4 is 25.0 Å². The van der Waals surface area contributed by atoms with Gasteiger partial charge in [0, 0.05) is 31.3 Å². The highest BCUT2D eigenvalue weighted by Gasteiger charge is 2.35. The van der Waals surface area contributed by atoms with E-state index in [1.165, 1.54) is 0 Å². The largest absolute Gasteiger partial charge is 0.486 e. The molecule has 24 heavy (non-hydrogen) atoms. The Morgan fingerprint density at radius 1 is 1.25 bits per heavy atom. The zero-order valence-electron chi connectivity index (χ0n) is 13.8. The molecular formula is C17H23N3O4. The van der Waals surface area contributed by atoms with Gasteiger partial charge < -0.3 is 25.0 Å². The molecule has 1 saturated heterocycles. The van der Waals surface area contributed by atoms with Crippen LogP contribution in [0, 0.1) is 5.92 Å². The van der Waals surface area contributed by atoms with E-state index in [0.29, 0.717) is 37.8 Å². The van der Waals surface area contributed by atoms with Crippen molar-refractivity contribution in [2.45, 2.75) is 12.8 Å². The third kappa shape index (κ3) is 3.62. The molecule has 1 atom stereocenters. The predicted molar refractivity (Wildman–Crippen MR) is 89.4 cm³/mol. The van der Waals surface area contributed by atoms with Crippen LogP contribution in [0.1, 0.15) is 12.8 Å². The maximum atomic E-state index is 12.3. The Morgan fingerprint density at radius 3 is 2.83 bits per heavy atom. The Kier molecular flexibility index (Phi) is 5.20. The van der Waals surface area contributed by atoms with E-state index in [-0.39, 0.29) is 24.2 Å². The Bertz CT molecular complexity index is 620. The Morgan fingerprint density at radius 2 is 2.04 bits per heavy atom. The van der Waals surface area contributed by atoms with Crippen molar-refractivity contribution < 1.29 is 19.1 Å². The van der Waals surface area contributed by atoms with Crippen LogP contribution in [0.2, 0.25) is 0 Å². The first-order valence-electron chi connectivity index (χ1n) is 8.31. The number of ether oxygens (including phenoxy) is 2. The predicted octanol–water partition coefficient (Wildman–Crippen LogP) is 0.536. The van der Waals surface area contributed by atoms with Crippen LogP contribution in [0.15, 0.2) is 18.2 Å². The topological polar surface area (TPSA) is 79.9 Å². The summed E-state index contributed by atoms with van der Waals surface area (Å²) in [5.74, 6) is 0.934. The van der Waals surface area contributed by atoms with Crippen LogP contribution in [0.5, 0.6) is 11.5 Å². The molecule has 0 radical (unpaired) electrons. The summed E-state index contributed by atoms with van der Waals surface area (Å²) in [7, 11) is 1.88. The van der Waals surface area contributed by atoms with Crippen molar-refractivity contribution in [3.05, 3.63) is 18.2 Å². The van der Waals surface area contributed by atoms with E-state index in [1.807, 2.05) is 19.2 Å². The summed E-state index contributed by atoms with van der Waals surface area (Å²) in [4.78, 5) is 26.2. The number of nitrogens with zero attached hydrogens (tertiary/aromatic N) is 1. The lowest BCUT2D eigenvalue weighted by molar-refractivity contribution is -0.126. The molecule has 2 amide bonds. The molecular weight excluding hydrogens is 310 g/mol. The van der Waals surface area contributed by atoms with E-state index >= 15 is 0 Å². The lowest BCUT2D eigenvalue weighted by Crippen LogP contribution is -2.34. The Balaban J connectivity index is 1.61. The second kappa shape index (κ2) is 7.53. The van der Waals surface area contributed by atoms with Crippen LogP contribution in [0.25, 0.3) is 0 Å². The fourth-order valence-electron chi connectivity index (χ4n) is 2.95. The van der Waals surface area contributed by atoms with Crippen molar-refractivity contribution in [3.8, 4) is 11.5 Å². The lowest BCUT2D eigenvalue weighted by Gasteiger charge is -2.22. The molecule has 2 heterocycles. The number of rotatable bonds is 6. The van der Waals surface area contributed by atoms with Crippen molar-refractivity contribution in [2.24, 2.45) is 5.92 Å². The minimum Gasteiger partial charge on any atom is -0.486 e. The molecule has 2 aliphatic rings. The number of anilines is 1. The molecule has 1 fully saturated rings. The average molecular weight is 333 g/mol. The third-order valence-electron chi connectivity index (χ3n) is 4.24. The fraction of sp³-hybridized carbons (Fsp3) is 0.529. The van der Waals surface area contributed by atoms with Gasteiger partial charge in [-0.15, -0.1) is 0 Å². The van der Waals surface area contributed by atoms with Crippen LogP contribution in [-0.4, -0.2) is 51.7 Å². The number of nitrogens with one attached hydrogen (secondary N) is 2. The van der Waals surface area contributed by atoms with E-state index in [0.717, 1.165) is 18.7 Å². The summed E-state index contributed by atoms with van der Waals surface area (Å²) >= 11 is 0. The van der Waals surface area contributed by atoms with Gasteiger partial charge in [-0.25, -0.2) is 0 Å². The number of benzene rings is 1. The fourth-order valence-corrected chi connectivity index (χ4v) is 2.95. The zero-order valence-corrected chi connectivity index (χ0v) is 13.8. The Labute approximate surface area is 141 Å². The maximum Gasteiger partial charge on any atom is 0.227 e. The quantitative estimate of drug-likeness (QED) is 0.743.